The van der Waals surface area contributed by atoms with Crippen LogP contribution in [0, 0.1) is 0 Å². The van der Waals surface area contributed by atoms with Gasteiger partial charge in [0.1, 0.15) is 12.2 Å². The summed E-state index contributed by atoms with van der Waals surface area (Å²) < 4.78 is 5.17. The van der Waals surface area contributed by atoms with Gasteiger partial charge in [-0.25, -0.2) is 4.79 Å². The van der Waals surface area contributed by atoms with Gasteiger partial charge in [0.15, 0.2) is 0 Å². The van der Waals surface area contributed by atoms with E-state index in [9.17, 15) is 4.79 Å². The van der Waals surface area contributed by atoms with Crippen molar-refractivity contribution in [3.05, 3.63) is 0 Å². The van der Waals surface area contributed by atoms with Gasteiger partial charge in [0.05, 0.1) is 0 Å². The minimum atomic E-state index is -1.00. The molecule has 0 aromatic heterocycles. The van der Waals surface area contributed by atoms with Crippen LogP contribution in [0.3, 0.4) is 0 Å². The molecule has 0 bridgehead atoms. The molecule has 0 radical (unpaired) electrons. The summed E-state index contributed by atoms with van der Waals surface area (Å²) in [6.45, 7) is 5.61. The zero-order valence-electron chi connectivity index (χ0n) is 9.45. The number of ether oxygens (including phenoxy) is 1. The molecule has 0 spiro atoms. The number of aliphatic hydroxyl groups excluding tert-OH is 1. The van der Waals surface area contributed by atoms with Gasteiger partial charge in [0, 0.05) is 0 Å². The molecule has 0 heterocycles. The van der Waals surface area contributed by atoms with Crippen molar-refractivity contribution >= 4 is 5.97 Å². The van der Waals surface area contributed by atoms with E-state index in [-0.39, 0.29) is 6.10 Å². The van der Waals surface area contributed by atoms with E-state index in [4.69, 9.17) is 9.84 Å². The van der Waals surface area contributed by atoms with Crippen molar-refractivity contribution in [3.63, 3.8) is 0 Å². The van der Waals surface area contributed by atoms with Crippen LogP contribution in [0.5, 0.6) is 0 Å². The fourth-order valence-corrected chi connectivity index (χ4v) is 1.28. The van der Waals surface area contributed by atoms with E-state index in [2.05, 4.69) is 13.8 Å². The molecule has 2 atom stereocenters. The van der Waals surface area contributed by atoms with Crippen molar-refractivity contribution in [3.8, 4) is 0 Å². The Balaban J connectivity index is 3.88. The molecule has 3 heteroatoms. The third-order valence-corrected chi connectivity index (χ3v) is 2.11. The number of hydrogen-bond donors (Lipinski definition) is 1. The Bertz CT molecular complexity index is 155. The van der Waals surface area contributed by atoms with Crippen LogP contribution < -0.4 is 0 Å². The smallest absolute Gasteiger partial charge is 0.334 e. The molecule has 2 unspecified atom stereocenters. The van der Waals surface area contributed by atoms with Gasteiger partial charge in [-0.3, -0.25) is 0 Å². The van der Waals surface area contributed by atoms with Gasteiger partial charge in [-0.1, -0.05) is 33.1 Å². The maximum absolute atomic E-state index is 11.1. The lowest BCUT2D eigenvalue weighted by atomic mass is 10.1. The van der Waals surface area contributed by atoms with Crippen LogP contribution in [-0.4, -0.2) is 23.3 Å². The Morgan fingerprint density at radius 2 is 1.93 bits per heavy atom. The second kappa shape index (κ2) is 7.80. The van der Waals surface area contributed by atoms with Gasteiger partial charge >= 0.3 is 5.97 Å². The highest BCUT2D eigenvalue weighted by Gasteiger charge is 2.16. The molecule has 0 aliphatic rings. The second-order valence-electron chi connectivity index (χ2n) is 3.67. The first kappa shape index (κ1) is 13.4. The SMILES string of the molecule is CCCCC(CCC)OC(=O)C(C)O. The van der Waals surface area contributed by atoms with Gasteiger partial charge in [0.25, 0.3) is 0 Å². The van der Waals surface area contributed by atoms with Crippen molar-refractivity contribution < 1.29 is 14.6 Å². The Morgan fingerprint density at radius 3 is 2.36 bits per heavy atom. The first-order chi connectivity index (χ1) is 6.61. The molecule has 0 rings (SSSR count). The molecule has 0 aliphatic carbocycles. The minimum absolute atomic E-state index is 0.0120. The molecule has 3 nitrogen and oxygen atoms in total. The van der Waals surface area contributed by atoms with Gasteiger partial charge in [-0.15, -0.1) is 0 Å². The largest absolute Gasteiger partial charge is 0.460 e. The third-order valence-electron chi connectivity index (χ3n) is 2.11. The fraction of sp³-hybridized carbons (Fsp3) is 0.909. The summed E-state index contributed by atoms with van der Waals surface area (Å²) in [5.74, 6) is -0.500. The number of rotatable bonds is 7. The van der Waals surface area contributed by atoms with Gasteiger partial charge in [-0.2, -0.15) is 0 Å². The zero-order chi connectivity index (χ0) is 11.0. The fourth-order valence-electron chi connectivity index (χ4n) is 1.28. The van der Waals surface area contributed by atoms with Gasteiger partial charge in [0.2, 0.25) is 0 Å². The van der Waals surface area contributed by atoms with E-state index in [1.54, 1.807) is 0 Å². The van der Waals surface area contributed by atoms with E-state index in [1.807, 2.05) is 0 Å². The summed E-state index contributed by atoms with van der Waals surface area (Å²) in [6.07, 6.45) is 3.95. The highest BCUT2D eigenvalue weighted by Crippen LogP contribution is 2.11. The van der Waals surface area contributed by atoms with Crippen LogP contribution in [0.2, 0.25) is 0 Å². The molecule has 1 N–H and O–H groups in total. The minimum Gasteiger partial charge on any atom is -0.460 e. The first-order valence-electron chi connectivity index (χ1n) is 5.50. The normalized spacial score (nSPS) is 14.9. The predicted octanol–water partition coefficient (Wildman–Crippen LogP) is 2.27. The standard InChI is InChI=1S/C11H22O3/c1-4-6-8-10(7-5-2)14-11(13)9(3)12/h9-10,12H,4-8H2,1-3H3. The summed E-state index contributed by atoms with van der Waals surface area (Å²) >= 11 is 0. The van der Waals surface area contributed by atoms with Crippen molar-refractivity contribution in [2.24, 2.45) is 0 Å². The maximum atomic E-state index is 11.1. The van der Waals surface area contributed by atoms with Crippen LogP contribution in [-0.2, 0) is 9.53 Å². The first-order valence-corrected chi connectivity index (χ1v) is 5.50. The summed E-state index contributed by atoms with van der Waals surface area (Å²) in [7, 11) is 0. The van der Waals surface area contributed by atoms with E-state index in [0.717, 1.165) is 32.1 Å². The van der Waals surface area contributed by atoms with E-state index >= 15 is 0 Å². The van der Waals surface area contributed by atoms with Crippen LogP contribution >= 0.6 is 0 Å². The average molecular weight is 202 g/mol. The topological polar surface area (TPSA) is 46.5 Å². The monoisotopic (exact) mass is 202 g/mol. The van der Waals surface area contributed by atoms with Crippen LogP contribution in [0.4, 0.5) is 0 Å². The van der Waals surface area contributed by atoms with E-state index in [1.165, 1.54) is 6.92 Å². The molecule has 84 valence electrons. The number of aliphatic hydroxyl groups is 1. The lowest BCUT2D eigenvalue weighted by Gasteiger charge is -2.17. The Kier molecular flexibility index (Phi) is 7.48. The van der Waals surface area contributed by atoms with E-state index < -0.39 is 12.1 Å². The Hall–Kier alpha value is -0.570. The third kappa shape index (κ3) is 5.97. The van der Waals surface area contributed by atoms with Crippen LogP contribution in [0.1, 0.15) is 52.9 Å². The lowest BCUT2D eigenvalue weighted by Crippen LogP contribution is -2.25. The molecular formula is C11H22O3. The Morgan fingerprint density at radius 1 is 1.29 bits per heavy atom. The second-order valence-corrected chi connectivity index (χ2v) is 3.67. The molecule has 0 saturated carbocycles. The zero-order valence-corrected chi connectivity index (χ0v) is 9.45. The summed E-state index contributed by atoms with van der Waals surface area (Å²) in [4.78, 5) is 11.1. The average Bonchev–Trinajstić information content (AvgIpc) is 2.14. The van der Waals surface area contributed by atoms with Gasteiger partial charge < -0.3 is 9.84 Å². The molecule has 0 amide bonds. The molecular weight excluding hydrogens is 180 g/mol. The highest BCUT2D eigenvalue weighted by molar-refractivity contribution is 5.73. The van der Waals surface area contributed by atoms with Crippen molar-refractivity contribution in [1.82, 2.24) is 0 Å². The maximum Gasteiger partial charge on any atom is 0.334 e. The predicted molar refractivity (Wildman–Crippen MR) is 56.0 cm³/mol. The Labute approximate surface area is 86.5 Å². The number of carbonyl (C=O) groups is 1. The van der Waals surface area contributed by atoms with Crippen LogP contribution in [0.25, 0.3) is 0 Å². The highest BCUT2D eigenvalue weighted by atomic mass is 16.6. The van der Waals surface area contributed by atoms with Crippen molar-refractivity contribution in [2.45, 2.75) is 65.1 Å². The van der Waals surface area contributed by atoms with Crippen molar-refractivity contribution in [1.29, 1.82) is 0 Å². The van der Waals surface area contributed by atoms with Crippen LogP contribution in [0.15, 0.2) is 0 Å². The molecule has 0 saturated heterocycles. The number of esters is 1. The number of carbonyl (C=O) groups excluding carboxylic acids is 1. The summed E-state index contributed by atoms with van der Waals surface area (Å²) in [6, 6.07) is 0. The number of hydrogen-bond acceptors (Lipinski definition) is 3. The number of unbranched alkanes of at least 4 members (excludes halogenated alkanes) is 1. The van der Waals surface area contributed by atoms with E-state index in [0.29, 0.717) is 0 Å². The quantitative estimate of drug-likeness (QED) is 0.644. The lowest BCUT2D eigenvalue weighted by molar-refractivity contribution is -0.158. The summed E-state index contributed by atoms with van der Waals surface area (Å²) in [5, 5.41) is 8.99. The molecule has 14 heavy (non-hydrogen) atoms. The summed E-state index contributed by atoms with van der Waals surface area (Å²) in [5.41, 5.74) is 0. The van der Waals surface area contributed by atoms with Gasteiger partial charge in [-0.05, 0) is 19.8 Å². The molecule has 0 fully saturated rings. The van der Waals surface area contributed by atoms with Crippen molar-refractivity contribution in [2.75, 3.05) is 0 Å². The molecule has 0 aromatic rings. The molecule has 0 aromatic carbocycles. The molecule has 0 aliphatic heterocycles.